The van der Waals surface area contributed by atoms with Crippen LogP contribution < -0.4 is 5.32 Å². The van der Waals surface area contributed by atoms with Gasteiger partial charge in [-0.1, -0.05) is 48.9 Å². The number of hydrogen-bond acceptors (Lipinski definition) is 3. The van der Waals surface area contributed by atoms with E-state index in [9.17, 15) is 0 Å². The van der Waals surface area contributed by atoms with E-state index in [2.05, 4.69) is 34.3 Å². The first-order valence-electron chi connectivity index (χ1n) is 6.03. The third-order valence-corrected chi connectivity index (χ3v) is 3.25. The highest BCUT2D eigenvalue weighted by atomic mass is 35.5. The summed E-state index contributed by atoms with van der Waals surface area (Å²) in [4.78, 5) is 8.35. The molecule has 1 N–H and O–H groups in total. The molecule has 0 saturated heterocycles. The van der Waals surface area contributed by atoms with Crippen molar-refractivity contribution in [2.75, 3.05) is 5.32 Å². The molecule has 1 atom stereocenters. The predicted molar refractivity (Wildman–Crippen MR) is 74.9 cm³/mol. The van der Waals surface area contributed by atoms with Gasteiger partial charge in [-0.2, -0.15) is 0 Å². The molecule has 2 aromatic rings. The lowest BCUT2D eigenvalue weighted by molar-refractivity contribution is 0.867. The summed E-state index contributed by atoms with van der Waals surface area (Å²) < 4.78 is 0. The van der Waals surface area contributed by atoms with E-state index in [1.165, 1.54) is 5.56 Å². The molecule has 1 heterocycles. The fourth-order valence-corrected chi connectivity index (χ4v) is 2.07. The number of hydrogen-bond donors (Lipinski definition) is 1. The van der Waals surface area contributed by atoms with Gasteiger partial charge in [0.15, 0.2) is 0 Å². The maximum absolute atomic E-state index is 6.25. The van der Waals surface area contributed by atoms with E-state index in [1.54, 1.807) is 6.33 Å². The molecular weight excluding hydrogens is 246 g/mol. The van der Waals surface area contributed by atoms with Gasteiger partial charge in [0.1, 0.15) is 17.2 Å². The third kappa shape index (κ3) is 2.79. The van der Waals surface area contributed by atoms with Crippen LogP contribution in [0.1, 0.15) is 31.1 Å². The molecule has 0 aliphatic rings. The van der Waals surface area contributed by atoms with E-state index in [0.29, 0.717) is 10.8 Å². The van der Waals surface area contributed by atoms with Gasteiger partial charge in [-0.3, -0.25) is 0 Å². The number of aromatic nitrogens is 2. The Morgan fingerprint density at radius 1 is 1.22 bits per heavy atom. The highest BCUT2D eigenvalue weighted by Crippen LogP contribution is 2.26. The lowest BCUT2D eigenvalue weighted by Gasteiger charge is -2.16. The highest BCUT2D eigenvalue weighted by Gasteiger charge is 2.11. The summed E-state index contributed by atoms with van der Waals surface area (Å²) in [6, 6.07) is 10.4. The summed E-state index contributed by atoms with van der Waals surface area (Å²) in [6.45, 7) is 4.11. The molecule has 0 aliphatic carbocycles. The van der Waals surface area contributed by atoms with Crippen molar-refractivity contribution >= 4 is 17.4 Å². The molecule has 0 saturated carbocycles. The molecule has 1 unspecified atom stereocenters. The Bertz CT molecular complexity index is 514. The first kappa shape index (κ1) is 12.8. The molecule has 1 aromatic heterocycles. The maximum atomic E-state index is 6.25. The van der Waals surface area contributed by atoms with E-state index in [-0.39, 0.29) is 6.04 Å². The summed E-state index contributed by atoms with van der Waals surface area (Å²) in [7, 11) is 0. The van der Waals surface area contributed by atoms with Crippen LogP contribution in [0.15, 0.2) is 36.7 Å². The zero-order chi connectivity index (χ0) is 13.0. The van der Waals surface area contributed by atoms with E-state index in [0.717, 1.165) is 12.1 Å². The van der Waals surface area contributed by atoms with Gasteiger partial charge in [-0.15, -0.1) is 0 Å². The van der Waals surface area contributed by atoms with E-state index in [1.807, 2.05) is 25.1 Å². The Balaban J connectivity index is 2.19. The quantitative estimate of drug-likeness (QED) is 0.908. The molecule has 0 fully saturated rings. The van der Waals surface area contributed by atoms with Gasteiger partial charge in [0.05, 0.1) is 5.69 Å². The first-order valence-corrected chi connectivity index (χ1v) is 6.41. The number of nitrogens with zero attached hydrogens (tertiary/aromatic N) is 2. The summed E-state index contributed by atoms with van der Waals surface area (Å²) in [5, 5.41) is 3.93. The van der Waals surface area contributed by atoms with Crippen LogP contribution in [0.5, 0.6) is 0 Å². The van der Waals surface area contributed by atoms with Crippen LogP contribution in [0.25, 0.3) is 0 Å². The molecule has 0 spiro atoms. The molecule has 18 heavy (non-hydrogen) atoms. The Hall–Kier alpha value is -1.61. The number of nitrogens with one attached hydrogen (secondary N) is 1. The minimum atomic E-state index is 0.156. The van der Waals surface area contributed by atoms with Gasteiger partial charge in [0, 0.05) is 6.04 Å². The van der Waals surface area contributed by atoms with E-state index >= 15 is 0 Å². The van der Waals surface area contributed by atoms with E-state index in [4.69, 9.17) is 11.6 Å². The second kappa shape index (κ2) is 5.83. The van der Waals surface area contributed by atoms with Crippen molar-refractivity contribution in [2.24, 2.45) is 0 Å². The molecule has 0 amide bonds. The van der Waals surface area contributed by atoms with Crippen LogP contribution in [0.2, 0.25) is 5.02 Å². The van der Waals surface area contributed by atoms with Crippen LogP contribution in [0, 0.1) is 0 Å². The SMILES string of the molecule is CCc1ncnc(NC(C)c2ccccc2)c1Cl. The van der Waals surface area contributed by atoms with Crippen molar-refractivity contribution in [3.8, 4) is 0 Å². The second-order valence-electron chi connectivity index (χ2n) is 4.11. The number of halogens is 1. The lowest BCUT2D eigenvalue weighted by Crippen LogP contribution is -2.09. The van der Waals surface area contributed by atoms with Crippen molar-refractivity contribution in [1.82, 2.24) is 9.97 Å². The smallest absolute Gasteiger partial charge is 0.148 e. The molecular formula is C14H16ClN3. The Morgan fingerprint density at radius 2 is 1.94 bits per heavy atom. The number of anilines is 1. The Labute approximate surface area is 112 Å². The minimum Gasteiger partial charge on any atom is -0.362 e. The topological polar surface area (TPSA) is 37.8 Å². The minimum absolute atomic E-state index is 0.156. The van der Waals surface area contributed by atoms with Crippen molar-refractivity contribution in [1.29, 1.82) is 0 Å². The summed E-state index contributed by atoms with van der Waals surface area (Å²) >= 11 is 6.25. The van der Waals surface area contributed by atoms with Crippen LogP contribution in [-0.2, 0) is 6.42 Å². The molecule has 4 heteroatoms. The van der Waals surface area contributed by atoms with Gasteiger partial charge < -0.3 is 5.32 Å². The molecule has 0 aliphatic heterocycles. The number of aryl methyl sites for hydroxylation is 1. The van der Waals surface area contributed by atoms with Gasteiger partial charge in [-0.05, 0) is 18.9 Å². The van der Waals surface area contributed by atoms with Gasteiger partial charge in [-0.25, -0.2) is 9.97 Å². The molecule has 0 radical (unpaired) electrons. The van der Waals surface area contributed by atoms with Crippen molar-refractivity contribution in [2.45, 2.75) is 26.3 Å². The molecule has 1 aromatic carbocycles. The van der Waals surface area contributed by atoms with Gasteiger partial charge in [0.25, 0.3) is 0 Å². The molecule has 3 nitrogen and oxygen atoms in total. The highest BCUT2D eigenvalue weighted by molar-refractivity contribution is 6.33. The number of benzene rings is 1. The summed E-state index contributed by atoms with van der Waals surface area (Å²) in [6.07, 6.45) is 2.35. The average molecular weight is 262 g/mol. The van der Waals surface area contributed by atoms with Crippen LogP contribution >= 0.6 is 11.6 Å². The second-order valence-corrected chi connectivity index (χ2v) is 4.49. The normalized spacial score (nSPS) is 12.2. The molecule has 2 rings (SSSR count). The van der Waals surface area contributed by atoms with Crippen LogP contribution in [-0.4, -0.2) is 9.97 Å². The van der Waals surface area contributed by atoms with E-state index < -0.39 is 0 Å². The van der Waals surface area contributed by atoms with Crippen LogP contribution in [0.3, 0.4) is 0 Å². The maximum Gasteiger partial charge on any atom is 0.148 e. The van der Waals surface area contributed by atoms with Crippen molar-refractivity contribution in [3.63, 3.8) is 0 Å². The fraction of sp³-hybridized carbons (Fsp3) is 0.286. The third-order valence-electron chi connectivity index (χ3n) is 2.85. The molecule has 0 bridgehead atoms. The van der Waals surface area contributed by atoms with Crippen LogP contribution in [0.4, 0.5) is 5.82 Å². The summed E-state index contributed by atoms with van der Waals surface area (Å²) in [5.74, 6) is 0.694. The standard InChI is InChI=1S/C14H16ClN3/c1-3-12-13(15)14(17-9-16-12)18-10(2)11-7-5-4-6-8-11/h4-10H,3H2,1-2H3,(H,16,17,18). The van der Waals surface area contributed by atoms with Crippen molar-refractivity contribution < 1.29 is 0 Å². The van der Waals surface area contributed by atoms with Gasteiger partial charge >= 0.3 is 0 Å². The summed E-state index contributed by atoms with van der Waals surface area (Å²) in [5.41, 5.74) is 2.07. The zero-order valence-electron chi connectivity index (χ0n) is 10.5. The zero-order valence-corrected chi connectivity index (χ0v) is 11.3. The van der Waals surface area contributed by atoms with Gasteiger partial charge in [0.2, 0.25) is 0 Å². The predicted octanol–water partition coefficient (Wildman–Crippen LogP) is 3.87. The Kier molecular flexibility index (Phi) is 4.15. The number of rotatable bonds is 4. The lowest BCUT2D eigenvalue weighted by atomic mass is 10.1. The Morgan fingerprint density at radius 3 is 2.61 bits per heavy atom. The monoisotopic (exact) mass is 261 g/mol. The average Bonchev–Trinajstić information content (AvgIpc) is 2.42. The first-order chi connectivity index (χ1) is 8.72. The largest absolute Gasteiger partial charge is 0.362 e. The molecule has 94 valence electrons. The van der Waals surface area contributed by atoms with Crippen molar-refractivity contribution in [3.05, 3.63) is 52.9 Å². The fourth-order valence-electron chi connectivity index (χ4n) is 1.78.